The predicted octanol–water partition coefficient (Wildman–Crippen LogP) is 1.20. The average molecular weight is 178 g/mol. The molecule has 0 N–H and O–H groups in total. The van der Waals surface area contributed by atoms with Crippen molar-refractivity contribution in [3.63, 3.8) is 0 Å². The van der Waals surface area contributed by atoms with Crippen LogP contribution in [0, 0.1) is 5.92 Å². The van der Waals surface area contributed by atoms with Crippen molar-refractivity contribution in [1.29, 1.82) is 0 Å². The van der Waals surface area contributed by atoms with Gasteiger partial charge >= 0.3 is 6.48 Å². The van der Waals surface area contributed by atoms with Crippen molar-refractivity contribution >= 4 is 0 Å². The molecule has 1 aliphatic rings. The summed E-state index contributed by atoms with van der Waals surface area (Å²) >= 11 is 0. The summed E-state index contributed by atoms with van der Waals surface area (Å²) in [5.41, 5.74) is 0. The fourth-order valence-corrected chi connectivity index (χ4v) is 0.646. The highest BCUT2D eigenvalue weighted by Gasteiger charge is 2.27. The van der Waals surface area contributed by atoms with Crippen molar-refractivity contribution in [2.24, 2.45) is 5.92 Å². The van der Waals surface area contributed by atoms with Crippen molar-refractivity contribution in [3.05, 3.63) is 0 Å². The second-order valence-electron chi connectivity index (χ2n) is 2.74. The maximum absolute atomic E-state index is 4.92. The first-order chi connectivity index (χ1) is 5.74. The zero-order chi connectivity index (χ0) is 8.97. The molecule has 0 aromatic rings. The van der Waals surface area contributed by atoms with Crippen LogP contribution in [0.3, 0.4) is 0 Å². The summed E-state index contributed by atoms with van der Waals surface area (Å²) in [4.78, 5) is 19.1. The molecule has 1 saturated heterocycles. The van der Waals surface area contributed by atoms with Crippen LogP contribution in [0.25, 0.3) is 0 Å². The summed E-state index contributed by atoms with van der Waals surface area (Å²) in [5, 5.41) is 0. The lowest BCUT2D eigenvalue weighted by Gasteiger charge is -2.27. The van der Waals surface area contributed by atoms with Gasteiger partial charge in [-0.2, -0.15) is 19.6 Å². The SMILES string of the molecule is CCOC1OOC(C(C)C)OO1. The lowest BCUT2D eigenvalue weighted by Crippen LogP contribution is -2.36. The van der Waals surface area contributed by atoms with Crippen molar-refractivity contribution < 1.29 is 24.3 Å². The molecule has 0 bridgehead atoms. The Kier molecular flexibility index (Phi) is 3.90. The predicted molar refractivity (Wildman–Crippen MR) is 38.4 cm³/mol. The number of rotatable bonds is 3. The fourth-order valence-electron chi connectivity index (χ4n) is 0.646. The largest absolute Gasteiger partial charge is 0.329 e. The number of hydrogen-bond donors (Lipinski definition) is 0. The van der Waals surface area contributed by atoms with Crippen LogP contribution in [-0.2, 0) is 24.3 Å². The lowest BCUT2D eigenvalue weighted by atomic mass is 10.2. The van der Waals surface area contributed by atoms with Gasteiger partial charge in [0.2, 0.25) is 6.29 Å². The van der Waals surface area contributed by atoms with Crippen LogP contribution in [0.4, 0.5) is 0 Å². The summed E-state index contributed by atoms with van der Waals surface area (Å²) in [6.07, 6.45) is -0.485. The zero-order valence-electron chi connectivity index (χ0n) is 7.48. The zero-order valence-corrected chi connectivity index (χ0v) is 7.48. The van der Waals surface area contributed by atoms with Crippen LogP contribution in [-0.4, -0.2) is 19.4 Å². The number of ether oxygens (including phenoxy) is 1. The normalized spacial score (nSPS) is 31.0. The quantitative estimate of drug-likeness (QED) is 0.607. The van der Waals surface area contributed by atoms with Gasteiger partial charge in [0.25, 0.3) is 0 Å². The maximum Gasteiger partial charge on any atom is 0.329 e. The van der Waals surface area contributed by atoms with Crippen molar-refractivity contribution in [2.45, 2.75) is 33.5 Å². The Morgan fingerprint density at radius 3 is 2.17 bits per heavy atom. The Balaban J connectivity index is 2.20. The van der Waals surface area contributed by atoms with Gasteiger partial charge in [0, 0.05) is 12.5 Å². The highest BCUT2D eigenvalue weighted by atomic mass is 17.4. The third-order valence-corrected chi connectivity index (χ3v) is 1.31. The maximum atomic E-state index is 4.92. The molecule has 0 amide bonds. The molecular formula is C7H14O5. The molecule has 0 spiro atoms. The summed E-state index contributed by atoms with van der Waals surface area (Å²) in [5.74, 6) is 0.174. The molecule has 0 unspecified atom stereocenters. The molecule has 0 radical (unpaired) electrons. The molecule has 1 fully saturated rings. The van der Waals surface area contributed by atoms with E-state index in [0.29, 0.717) is 6.61 Å². The van der Waals surface area contributed by atoms with E-state index in [-0.39, 0.29) is 5.92 Å². The molecule has 5 nitrogen and oxygen atoms in total. The molecule has 0 saturated carbocycles. The molecule has 0 aliphatic carbocycles. The molecule has 0 atom stereocenters. The van der Waals surface area contributed by atoms with E-state index in [0.717, 1.165) is 0 Å². The third kappa shape index (κ3) is 2.69. The van der Waals surface area contributed by atoms with Gasteiger partial charge in [-0.05, 0) is 6.92 Å². The first kappa shape index (κ1) is 9.88. The molecule has 72 valence electrons. The van der Waals surface area contributed by atoms with Gasteiger partial charge < -0.3 is 4.74 Å². The molecule has 1 rings (SSSR count). The standard InChI is InChI=1S/C7H14O5/c1-4-8-7-11-9-6(5(2)3)10-12-7/h5-7H,4H2,1-3H3. The summed E-state index contributed by atoms with van der Waals surface area (Å²) in [6.45, 7) is 5.28. The third-order valence-electron chi connectivity index (χ3n) is 1.31. The molecule has 0 aromatic heterocycles. The molecular weight excluding hydrogens is 164 g/mol. The minimum atomic E-state index is -0.870. The second-order valence-corrected chi connectivity index (χ2v) is 2.74. The Hall–Kier alpha value is -0.200. The average Bonchev–Trinajstić information content (AvgIpc) is 2.06. The van der Waals surface area contributed by atoms with E-state index < -0.39 is 12.8 Å². The monoisotopic (exact) mass is 178 g/mol. The summed E-state index contributed by atoms with van der Waals surface area (Å²) in [7, 11) is 0. The Morgan fingerprint density at radius 2 is 1.75 bits per heavy atom. The Bertz CT molecular complexity index is 119. The Morgan fingerprint density at radius 1 is 1.17 bits per heavy atom. The molecule has 12 heavy (non-hydrogen) atoms. The highest BCUT2D eigenvalue weighted by molar-refractivity contribution is 4.45. The van der Waals surface area contributed by atoms with Crippen LogP contribution < -0.4 is 0 Å². The van der Waals surface area contributed by atoms with E-state index in [4.69, 9.17) is 24.3 Å². The van der Waals surface area contributed by atoms with Gasteiger partial charge in [-0.1, -0.05) is 13.8 Å². The molecule has 1 heterocycles. The molecule has 1 aliphatic heterocycles. The van der Waals surface area contributed by atoms with E-state index in [9.17, 15) is 0 Å². The van der Waals surface area contributed by atoms with Crippen LogP contribution in [0.2, 0.25) is 0 Å². The van der Waals surface area contributed by atoms with Gasteiger partial charge in [0.05, 0.1) is 0 Å². The first-order valence-electron chi connectivity index (χ1n) is 4.00. The first-order valence-corrected chi connectivity index (χ1v) is 4.00. The minimum Gasteiger partial charge on any atom is -0.327 e. The summed E-state index contributed by atoms with van der Waals surface area (Å²) < 4.78 is 4.92. The lowest BCUT2D eigenvalue weighted by molar-refractivity contribution is -0.632. The van der Waals surface area contributed by atoms with Crippen LogP contribution in [0.15, 0.2) is 0 Å². The molecule has 5 heteroatoms. The van der Waals surface area contributed by atoms with E-state index in [2.05, 4.69) is 0 Å². The van der Waals surface area contributed by atoms with Crippen molar-refractivity contribution in [1.82, 2.24) is 0 Å². The van der Waals surface area contributed by atoms with Crippen molar-refractivity contribution in [2.75, 3.05) is 6.61 Å². The van der Waals surface area contributed by atoms with Crippen LogP contribution in [0.1, 0.15) is 20.8 Å². The topological polar surface area (TPSA) is 46.2 Å². The van der Waals surface area contributed by atoms with Gasteiger partial charge in [-0.15, -0.1) is 0 Å². The van der Waals surface area contributed by atoms with Gasteiger partial charge in [-0.25, -0.2) is 0 Å². The second kappa shape index (κ2) is 4.74. The van der Waals surface area contributed by atoms with Crippen molar-refractivity contribution in [3.8, 4) is 0 Å². The van der Waals surface area contributed by atoms with E-state index in [1.165, 1.54) is 0 Å². The minimum absolute atomic E-state index is 0.174. The summed E-state index contributed by atoms with van der Waals surface area (Å²) in [6, 6.07) is 0. The van der Waals surface area contributed by atoms with Crippen LogP contribution in [0.5, 0.6) is 0 Å². The van der Waals surface area contributed by atoms with E-state index in [1.807, 2.05) is 20.8 Å². The highest BCUT2D eigenvalue weighted by Crippen LogP contribution is 2.17. The Labute approximate surface area is 71.3 Å². The number of hydrogen-bond acceptors (Lipinski definition) is 5. The molecule has 0 aromatic carbocycles. The smallest absolute Gasteiger partial charge is 0.327 e. The fraction of sp³-hybridized carbons (Fsp3) is 1.00. The van der Waals surface area contributed by atoms with Gasteiger partial charge in [0.1, 0.15) is 0 Å². The van der Waals surface area contributed by atoms with Gasteiger partial charge in [-0.3, -0.25) is 0 Å². The van der Waals surface area contributed by atoms with E-state index >= 15 is 0 Å². The van der Waals surface area contributed by atoms with Crippen LogP contribution >= 0.6 is 0 Å². The van der Waals surface area contributed by atoms with Gasteiger partial charge in [0.15, 0.2) is 0 Å². The van der Waals surface area contributed by atoms with E-state index in [1.54, 1.807) is 0 Å².